The van der Waals surface area contributed by atoms with Gasteiger partial charge < -0.3 is 9.64 Å². The van der Waals surface area contributed by atoms with E-state index in [1.165, 1.54) is 0 Å². The molecule has 1 atom stereocenters. The maximum Gasteiger partial charge on any atom is 0.315 e. The third-order valence-electron chi connectivity index (χ3n) is 1.84. The summed E-state index contributed by atoms with van der Waals surface area (Å²) >= 11 is 0. The summed E-state index contributed by atoms with van der Waals surface area (Å²) in [7, 11) is 0. The Hall–Kier alpha value is -0.710. The second kappa shape index (κ2) is 3.80. The summed E-state index contributed by atoms with van der Waals surface area (Å²) < 4.78 is 28.9. The molecule has 0 bridgehead atoms. The van der Waals surface area contributed by atoms with Crippen LogP contribution in [0.5, 0.6) is 0 Å². The van der Waals surface area contributed by atoms with E-state index >= 15 is 0 Å². The minimum absolute atomic E-state index is 0.236. The van der Waals surface area contributed by atoms with Gasteiger partial charge in [-0.25, -0.2) is 0 Å². The summed E-state index contributed by atoms with van der Waals surface area (Å²) in [4.78, 5) is 12.0. The van der Waals surface area contributed by atoms with Gasteiger partial charge in [0.25, 0.3) is 5.91 Å². The molecule has 0 N–H and O–H groups in total. The van der Waals surface area contributed by atoms with Crippen LogP contribution >= 0.6 is 0 Å². The number of rotatable bonds is 1. The van der Waals surface area contributed by atoms with Gasteiger partial charge in [-0.15, -0.1) is 0 Å². The summed E-state index contributed by atoms with van der Waals surface area (Å²) in [6.07, 6.45) is -2.90. The van der Waals surface area contributed by atoms with Crippen molar-refractivity contribution in [3.8, 4) is 0 Å². The Kier molecular flexibility index (Phi) is 2.97. The van der Waals surface area contributed by atoms with E-state index in [1.54, 1.807) is 6.92 Å². The first-order valence-corrected chi connectivity index (χ1v) is 3.79. The molecule has 1 rings (SSSR count). The van der Waals surface area contributed by atoms with Gasteiger partial charge in [-0.3, -0.25) is 4.79 Å². The third-order valence-corrected chi connectivity index (χ3v) is 1.84. The van der Waals surface area contributed by atoms with Gasteiger partial charge in [-0.1, -0.05) is 0 Å². The Morgan fingerprint density at radius 1 is 1.67 bits per heavy atom. The molecule has 0 spiro atoms. The number of amides is 1. The summed E-state index contributed by atoms with van der Waals surface area (Å²) in [6, 6.07) is -0.236. The summed E-state index contributed by atoms with van der Waals surface area (Å²) in [5.41, 5.74) is 0. The van der Waals surface area contributed by atoms with Gasteiger partial charge in [-0.2, -0.15) is 8.78 Å². The van der Waals surface area contributed by atoms with Gasteiger partial charge >= 0.3 is 6.43 Å². The lowest BCUT2D eigenvalue weighted by Crippen LogP contribution is -2.49. The molecule has 1 saturated heterocycles. The highest BCUT2D eigenvalue weighted by molar-refractivity contribution is 5.79. The second-order valence-corrected chi connectivity index (χ2v) is 2.76. The molecule has 1 heterocycles. The van der Waals surface area contributed by atoms with Gasteiger partial charge in [0.2, 0.25) is 0 Å². The minimum atomic E-state index is -2.90. The molecule has 1 aliphatic rings. The SMILES string of the molecule is CC1COCCN1C(=O)C(F)F. The van der Waals surface area contributed by atoms with Crippen LogP contribution in [0.25, 0.3) is 0 Å². The number of morpholine rings is 1. The van der Waals surface area contributed by atoms with E-state index in [0.29, 0.717) is 13.2 Å². The zero-order valence-electron chi connectivity index (χ0n) is 6.80. The molecule has 0 aromatic heterocycles. The van der Waals surface area contributed by atoms with Crippen molar-refractivity contribution in [2.24, 2.45) is 0 Å². The van der Waals surface area contributed by atoms with Crippen LogP contribution in [0.2, 0.25) is 0 Å². The van der Waals surface area contributed by atoms with E-state index in [-0.39, 0.29) is 12.6 Å². The van der Waals surface area contributed by atoms with Crippen molar-refractivity contribution < 1.29 is 18.3 Å². The zero-order chi connectivity index (χ0) is 9.14. The van der Waals surface area contributed by atoms with E-state index < -0.39 is 12.3 Å². The van der Waals surface area contributed by atoms with E-state index in [0.717, 1.165) is 4.90 Å². The molecule has 3 nitrogen and oxygen atoms in total. The van der Waals surface area contributed by atoms with Gasteiger partial charge in [0, 0.05) is 6.54 Å². The van der Waals surface area contributed by atoms with E-state index in [9.17, 15) is 13.6 Å². The fourth-order valence-corrected chi connectivity index (χ4v) is 1.18. The second-order valence-electron chi connectivity index (χ2n) is 2.76. The number of halogens is 2. The fourth-order valence-electron chi connectivity index (χ4n) is 1.18. The molecule has 1 aliphatic heterocycles. The first kappa shape index (κ1) is 9.38. The van der Waals surface area contributed by atoms with Gasteiger partial charge in [0.05, 0.1) is 19.3 Å². The molecule has 70 valence electrons. The highest BCUT2D eigenvalue weighted by Crippen LogP contribution is 2.09. The topological polar surface area (TPSA) is 29.5 Å². The fraction of sp³-hybridized carbons (Fsp3) is 0.857. The van der Waals surface area contributed by atoms with Crippen LogP contribution in [0, 0.1) is 0 Å². The smallest absolute Gasteiger partial charge is 0.315 e. The largest absolute Gasteiger partial charge is 0.377 e. The number of nitrogens with zero attached hydrogens (tertiary/aromatic N) is 1. The molecule has 0 saturated carbocycles. The van der Waals surface area contributed by atoms with E-state index in [2.05, 4.69) is 0 Å². The molecule has 0 radical (unpaired) electrons. The third kappa shape index (κ3) is 1.91. The Balaban J connectivity index is 2.53. The average Bonchev–Trinajstić information content (AvgIpc) is 2.04. The predicted octanol–water partition coefficient (Wildman–Crippen LogP) is 0.499. The standard InChI is InChI=1S/C7H11F2NO2/c1-5-4-12-3-2-10(5)7(11)6(8)9/h5-6H,2-4H2,1H3. The first-order chi connectivity index (χ1) is 5.63. The van der Waals surface area contributed by atoms with Crippen molar-refractivity contribution in [1.29, 1.82) is 0 Å². The lowest BCUT2D eigenvalue weighted by atomic mass is 10.2. The summed E-state index contributed by atoms with van der Waals surface area (Å²) in [5, 5.41) is 0. The first-order valence-electron chi connectivity index (χ1n) is 3.79. The van der Waals surface area contributed by atoms with Gasteiger partial charge in [-0.05, 0) is 6.92 Å². The van der Waals surface area contributed by atoms with Crippen LogP contribution in [-0.2, 0) is 9.53 Å². The Morgan fingerprint density at radius 3 is 2.83 bits per heavy atom. The van der Waals surface area contributed by atoms with Crippen LogP contribution in [0.15, 0.2) is 0 Å². The Labute approximate surface area is 69.3 Å². The number of hydrogen-bond donors (Lipinski definition) is 0. The molecule has 0 aromatic rings. The highest BCUT2D eigenvalue weighted by atomic mass is 19.3. The van der Waals surface area contributed by atoms with Crippen molar-refractivity contribution >= 4 is 5.91 Å². The minimum Gasteiger partial charge on any atom is -0.377 e. The average molecular weight is 179 g/mol. The number of carbonyl (C=O) groups excluding carboxylic acids is 1. The summed E-state index contributed by atoms with van der Waals surface area (Å²) in [5.74, 6) is -1.09. The molecular formula is C7H11F2NO2. The number of alkyl halides is 2. The predicted molar refractivity (Wildman–Crippen MR) is 38.0 cm³/mol. The van der Waals surface area contributed by atoms with Crippen LogP contribution in [0.1, 0.15) is 6.92 Å². The maximum atomic E-state index is 12.0. The Bertz CT molecular complexity index is 175. The molecule has 0 aromatic carbocycles. The normalized spacial score (nSPS) is 24.7. The molecule has 5 heteroatoms. The van der Waals surface area contributed by atoms with Crippen molar-refractivity contribution in [1.82, 2.24) is 4.90 Å². The molecule has 1 unspecified atom stereocenters. The lowest BCUT2D eigenvalue weighted by molar-refractivity contribution is -0.150. The molecule has 1 amide bonds. The monoisotopic (exact) mass is 179 g/mol. The molecular weight excluding hydrogens is 168 g/mol. The maximum absolute atomic E-state index is 12.0. The van der Waals surface area contributed by atoms with Crippen LogP contribution < -0.4 is 0 Å². The van der Waals surface area contributed by atoms with Crippen LogP contribution in [0.4, 0.5) is 8.78 Å². The zero-order valence-corrected chi connectivity index (χ0v) is 6.80. The molecule has 1 fully saturated rings. The van der Waals surface area contributed by atoms with Crippen molar-refractivity contribution in [3.63, 3.8) is 0 Å². The number of ether oxygens (including phenoxy) is 1. The molecule has 0 aliphatic carbocycles. The van der Waals surface area contributed by atoms with E-state index in [1.807, 2.05) is 0 Å². The van der Waals surface area contributed by atoms with Crippen molar-refractivity contribution in [2.45, 2.75) is 19.4 Å². The number of carbonyl (C=O) groups is 1. The van der Waals surface area contributed by atoms with Crippen molar-refractivity contribution in [3.05, 3.63) is 0 Å². The summed E-state index contributed by atoms with van der Waals surface area (Å²) in [6.45, 7) is 2.66. The van der Waals surface area contributed by atoms with E-state index in [4.69, 9.17) is 4.74 Å². The molecule has 12 heavy (non-hydrogen) atoms. The van der Waals surface area contributed by atoms with Crippen molar-refractivity contribution in [2.75, 3.05) is 19.8 Å². The Morgan fingerprint density at radius 2 is 2.33 bits per heavy atom. The van der Waals surface area contributed by atoms with Gasteiger partial charge in [0.1, 0.15) is 0 Å². The van der Waals surface area contributed by atoms with Gasteiger partial charge in [0.15, 0.2) is 0 Å². The quantitative estimate of drug-likeness (QED) is 0.586. The lowest BCUT2D eigenvalue weighted by Gasteiger charge is -2.32. The van der Waals surface area contributed by atoms with Crippen LogP contribution in [-0.4, -0.2) is 43.0 Å². The van der Waals surface area contributed by atoms with Crippen LogP contribution in [0.3, 0.4) is 0 Å². The number of hydrogen-bond acceptors (Lipinski definition) is 2. The highest BCUT2D eigenvalue weighted by Gasteiger charge is 2.29.